The third kappa shape index (κ3) is 41.6. The Balaban J connectivity index is 4.02. The zero-order valence-corrected chi connectivity index (χ0v) is 44.4. The van der Waals surface area contributed by atoms with Gasteiger partial charge in [-0.05, 0) is 51.4 Å². The molecule has 0 aliphatic rings. The minimum Gasteiger partial charge on any atom is -0.481 e. The van der Waals surface area contributed by atoms with Crippen LogP contribution < -0.4 is 26.6 Å². The van der Waals surface area contributed by atoms with Crippen LogP contribution in [-0.4, -0.2) is 182 Å². The summed E-state index contributed by atoms with van der Waals surface area (Å²) in [4.78, 5) is 131. The number of hydrogen-bond donors (Lipinski definition) is 10. The molecule has 0 aromatic heterocycles. The Morgan fingerprint density at radius 1 is 0.408 bits per heavy atom. The predicted molar refractivity (Wildman–Crippen MR) is 273 cm³/mol. The number of hydrogen-bond acceptors (Lipinski definition) is 16. The number of ether oxygens (including phenoxy) is 4. The molecule has 0 saturated heterocycles. The van der Waals surface area contributed by atoms with Crippen LogP contribution in [-0.2, 0) is 71.7 Å². The van der Waals surface area contributed by atoms with Crippen molar-refractivity contribution in [1.82, 2.24) is 26.6 Å². The number of Topliss-reactive ketones (excluding diaryl/α,β-unsaturated/α-hetero) is 2. The molecule has 0 bridgehead atoms. The van der Waals surface area contributed by atoms with Crippen LogP contribution in [0.2, 0.25) is 0 Å². The molecule has 5 amide bonds. The summed E-state index contributed by atoms with van der Waals surface area (Å²) in [6, 6.07) is -2.59. The summed E-state index contributed by atoms with van der Waals surface area (Å²) in [5, 5.41) is 59.0. The lowest BCUT2D eigenvalue weighted by Crippen LogP contribution is -2.42. The molecule has 0 radical (unpaired) electrons. The van der Waals surface area contributed by atoms with E-state index in [4.69, 9.17) is 29.2 Å². The van der Waals surface area contributed by atoms with E-state index in [0.29, 0.717) is 45.1 Å². The maximum atomic E-state index is 12.5. The van der Waals surface area contributed by atoms with Gasteiger partial charge in [-0.1, -0.05) is 64.7 Å². The summed E-state index contributed by atoms with van der Waals surface area (Å²) in [5.41, 5.74) is 0. The maximum absolute atomic E-state index is 12.5. The number of carbonyl (C=O) groups is 11. The van der Waals surface area contributed by atoms with Crippen molar-refractivity contribution in [2.45, 2.75) is 167 Å². The van der Waals surface area contributed by atoms with E-state index in [9.17, 15) is 68.1 Å². The Hall–Kier alpha value is -5.63. The molecule has 0 spiro atoms. The predicted octanol–water partition coefficient (Wildman–Crippen LogP) is 2.06. The van der Waals surface area contributed by atoms with E-state index in [0.717, 1.165) is 51.4 Å². The second-order valence-electron chi connectivity index (χ2n) is 18.3. The highest BCUT2D eigenvalue weighted by Gasteiger charge is 2.26. The number of unbranched alkanes of at least 4 members (excludes halogenated alkanes) is 10. The van der Waals surface area contributed by atoms with Crippen molar-refractivity contribution in [1.29, 1.82) is 0 Å². The lowest BCUT2D eigenvalue weighted by Gasteiger charge is -2.16. The second kappa shape index (κ2) is 46.7. The zero-order valence-electron chi connectivity index (χ0n) is 44.4. The van der Waals surface area contributed by atoms with Gasteiger partial charge in [0.25, 0.3) is 0 Å². The number of rotatable bonds is 53. The van der Waals surface area contributed by atoms with Gasteiger partial charge in [0.15, 0.2) is 11.6 Å². The Kier molecular flexibility index (Phi) is 43.2. The van der Waals surface area contributed by atoms with Crippen molar-refractivity contribution in [3.05, 3.63) is 0 Å². The van der Waals surface area contributed by atoms with Crippen molar-refractivity contribution in [2.24, 2.45) is 11.8 Å². The molecule has 10 N–H and O–H groups in total. The van der Waals surface area contributed by atoms with Crippen LogP contribution in [0.5, 0.6) is 0 Å². The van der Waals surface area contributed by atoms with Gasteiger partial charge in [0.1, 0.15) is 31.9 Å². The van der Waals surface area contributed by atoms with Crippen LogP contribution in [0, 0.1) is 11.8 Å². The second-order valence-corrected chi connectivity index (χ2v) is 18.3. The summed E-state index contributed by atoms with van der Waals surface area (Å²) in [7, 11) is 0. The molecule has 0 aliphatic carbocycles. The number of ketones is 2. The first-order valence-corrected chi connectivity index (χ1v) is 26.6. The molecule has 0 aromatic carbocycles. The highest BCUT2D eigenvalue weighted by Crippen LogP contribution is 2.16. The maximum Gasteiger partial charge on any atom is 0.326 e. The van der Waals surface area contributed by atoms with Gasteiger partial charge in [-0.15, -0.1) is 0 Å². The van der Waals surface area contributed by atoms with E-state index in [1.807, 2.05) is 6.92 Å². The molecule has 436 valence electrons. The molecule has 0 heterocycles. The third-order valence-corrected chi connectivity index (χ3v) is 12.0. The molecular formula is C51H87N5O20. The average Bonchev–Trinajstić information content (AvgIpc) is 3.37. The fraction of sp³-hybridized carbons (Fsp3) is 0.784. The first kappa shape index (κ1) is 70.4. The lowest BCUT2D eigenvalue weighted by atomic mass is 9.95. The molecule has 0 unspecified atom stereocenters. The minimum atomic E-state index is -1.40. The normalized spacial score (nSPS) is 12.6. The Morgan fingerprint density at radius 2 is 0.855 bits per heavy atom. The number of aliphatic hydroxyl groups is 1. The Bertz CT molecular complexity index is 1730. The summed E-state index contributed by atoms with van der Waals surface area (Å²) in [6.45, 7) is 1.81. The van der Waals surface area contributed by atoms with Gasteiger partial charge in [-0.3, -0.25) is 43.2 Å². The van der Waals surface area contributed by atoms with Gasteiger partial charge >= 0.3 is 23.9 Å². The van der Waals surface area contributed by atoms with E-state index in [2.05, 4.69) is 26.6 Å². The van der Waals surface area contributed by atoms with Gasteiger partial charge in [0.2, 0.25) is 29.5 Å². The molecule has 0 fully saturated rings. The van der Waals surface area contributed by atoms with Crippen molar-refractivity contribution in [2.75, 3.05) is 79.1 Å². The smallest absolute Gasteiger partial charge is 0.326 e. The van der Waals surface area contributed by atoms with Gasteiger partial charge in [0.05, 0.1) is 45.6 Å². The number of carbonyl (C=O) groups excluding carboxylic acids is 7. The van der Waals surface area contributed by atoms with Gasteiger partial charge in [0, 0.05) is 64.1 Å². The van der Waals surface area contributed by atoms with Crippen LogP contribution >= 0.6 is 0 Å². The van der Waals surface area contributed by atoms with Crippen LogP contribution in [0.15, 0.2) is 0 Å². The molecule has 25 nitrogen and oxygen atoms in total. The van der Waals surface area contributed by atoms with E-state index in [-0.39, 0.29) is 128 Å². The summed E-state index contributed by atoms with van der Waals surface area (Å²) in [6.07, 6.45) is 10.6. The SMILES string of the molecule is CC[C@@H](CCCCNC(=O)CC[C@H](NC(=O)CC[C@H](CC(=O)COCCOCCNC(=O)COCCOCCNC(=O)CC[C@H](NC(=O)CCCCCCCCCCCCC(=O)O)C(=O)O)C(=O)O)C(=O)O)C(=O)CO. The van der Waals surface area contributed by atoms with Gasteiger partial charge in [-0.2, -0.15) is 0 Å². The largest absolute Gasteiger partial charge is 0.481 e. The molecule has 0 rings (SSSR count). The molecule has 25 heteroatoms. The van der Waals surface area contributed by atoms with Crippen molar-refractivity contribution in [3.63, 3.8) is 0 Å². The molecular weight excluding hydrogens is 1000 g/mol. The van der Waals surface area contributed by atoms with E-state index < -0.39 is 90.9 Å². The van der Waals surface area contributed by atoms with Crippen LogP contribution in [0.3, 0.4) is 0 Å². The zero-order chi connectivity index (χ0) is 56.8. The highest BCUT2D eigenvalue weighted by atomic mass is 16.5. The quantitative estimate of drug-likeness (QED) is 0.0390. The van der Waals surface area contributed by atoms with Gasteiger partial charge < -0.3 is 71.1 Å². The minimum absolute atomic E-state index is 0.00928. The Morgan fingerprint density at radius 3 is 1.34 bits per heavy atom. The van der Waals surface area contributed by atoms with Gasteiger partial charge in [-0.25, -0.2) is 9.59 Å². The first-order chi connectivity index (χ1) is 36.4. The van der Waals surface area contributed by atoms with Crippen molar-refractivity contribution in [3.8, 4) is 0 Å². The number of carboxylic acid groups (broad SMARTS) is 4. The number of amides is 5. The third-order valence-electron chi connectivity index (χ3n) is 12.0. The lowest BCUT2D eigenvalue weighted by molar-refractivity contribution is -0.145. The highest BCUT2D eigenvalue weighted by molar-refractivity contribution is 5.87. The average molecular weight is 1090 g/mol. The van der Waals surface area contributed by atoms with E-state index in [1.54, 1.807) is 0 Å². The number of carboxylic acids is 4. The standard InChI is InChI=1S/C51H87N5O20/c1-2-37(42(59)34-57)15-13-14-24-52-43(60)22-19-41(51(71)72)56-46(63)21-18-38(49(67)68)33-39(58)35-75-31-29-74-28-26-54-47(64)36-76-32-30-73-27-25-53-44(61)23-20-40(50(69)70)55-45(62)16-11-9-7-5-3-4-6-8-10-12-17-48(65)66/h37-38,40-41,57H,2-36H2,1H3,(H,52,60)(H,53,61)(H,54,64)(H,55,62)(H,56,63)(H,65,66)(H,67,68)(H,69,70)(H,71,72)/t37-,38+,40-,41-/m0/s1. The van der Waals surface area contributed by atoms with Crippen molar-refractivity contribution < 1.29 is 97.2 Å². The topological polar surface area (TPSA) is 386 Å². The van der Waals surface area contributed by atoms with Crippen LogP contribution in [0.25, 0.3) is 0 Å². The summed E-state index contributed by atoms with van der Waals surface area (Å²) >= 11 is 0. The van der Waals surface area contributed by atoms with Crippen LogP contribution in [0.4, 0.5) is 0 Å². The number of nitrogens with one attached hydrogen (secondary N) is 5. The first-order valence-electron chi connectivity index (χ1n) is 26.6. The molecule has 4 atom stereocenters. The van der Waals surface area contributed by atoms with Crippen LogP contribution in [0.1, 0.15) is 155 Å². The monoisotopic (exact) mass is 1090 g/mol. The summed E-state index contributed by atoms with van der Waals surface area (Å²) < 4.78 is 21.2. The fourth-order valence-electron chi connectivity index (χ4n) is 7.54. The molecule has 0 aliphatic heterocycles. The molecule has 0 aromatic rings. The number of aliphatic carboxylic acids is 4. The fourth-order valence-corrected chi connectivity index (χ4v) is 7.54. The van der Waals surface area contributed by atoms with E-state index in [1.165, 1.54) is 0 Å². The molecule has 0 saturated carbocycles. The summed E-state index contributed by atoms with van der Waals surface area (Å²) in [5.74, 6) is -9.31. The van der Waals surface area contributed by atoms with E-state index >= 15 is 0 Å². The van der Waals surface area contributed by atoms with Crippen molar-refractivity contribution >= 4 is 65.0 Å². The Labute approximate surface area is 445 Å². The number of aliphatic hydroxyl groups excluding tert-OH is 1. The molecule has 76 heavy (non-hydrogen) atoms.